The molecule has 0 aromatic rings. The summed E-state index contributed by atoms with van der Waals surface area (Å²) in [5.41, 5.74) is 0. The van der Waals surface area contributed by atoms with Crippen LogP contribution in [0, 0.1) is 5.92 Å². The third-order valence-electron chi connectivity index (χ3n) is 2.38. The topological polar surface area (TPSA) is 57.6 Å². The summed E-state index contributed by atoms with van der Waals surface area (Å²) < 4.78 is 0. The lowest BCUT2D eigenvalue weighted by atomic mass is 10.0. The van der Waals surface area contributed by atoms with Gasteiger partial charge in [0.1, 0.15) is 0 Å². The number of nitrogens with zero attached hydrogens (tertiary/aromatic N) is 1. The van der Waals surface area contributed by atoms with Crippen molar-refractivity contribution in [1.82, 2.24) is 4.90 Å². The largest absolute Gasteiger partial charge is 0.394 e. The summed E-state index contributed by atoms with van der Waals surface area (Å²) >= 11 is 0. The Kier molecular flexibility index (Phi) is 3.03. The molecule has 1 fully saturated rings. The van der Waals surface area contributed by atoms with Crippen molar-refractivity contribution in [3.05, 3.63) is 0 Å². The molecular weight excluding hydrogens is 170 g/mol. The van der Waals surface area contributed by atoms with Crippen LogP contribution in [0.3, 0.4) is 0 Å². The number of likely N-dealkylation sites (tertiary alicyclic amines) is 1. The molecule has 0 spiro atoms. The molecule has 0 radical (unpaired) electrons. The van der Waals surface area contributed by atoms with Gasteiger partial charge in [-0.1, -0.05) is 13.8 Å². The van der Waals surface area contributed by atoms with Crippen LogP contribution in [0.2, 0.25) is 0 Å². The van der Waals surface area contributed by atoms with Gasteiger partial charge in [-0.2, -0.15) is 0 Å². The minimum absolute atomic E-state index is 0.107. The molecule has 0 saturated carbocycles. The molecule has 1 N–H and O–H groups in total. The second-order valence-electron chi connectivity index (χ2n) is 3.65. The number of aliphatic hydroxyl groups is 1. The smallest absolute Gasteiger partial charge is 0.230 e. The van der Waals surface area contributed by atoms with Gasteiger partial charge in [-0.3, -0.25) is 14.5 Å². The van der Waals surface area contributed by atoms with Crippen LogP contribution in [0.1, 0.15) is 26.7 Å². The summed E-state index contributed by atoms with van der Waals surface area (Å²) in [4.78, 5) is 23.8. The van der Waals surface area contributed by atoms with Crippen molar-refractivity contribution in [2.45, 2.75) is 32.7 Å². The van der Waals surface area contributed by atoms with E-state index in [-0.39, 0.29) is 30.4 Å². The predicted octanol–water partition coefficient (Wildman–Crippen LogP) is 0.152. The first kappa shape index (κ1) is 10.2. The average molecular weight is 185 g/mol. The Morgan fingerprint density at radius 2 is 1.77 bits per heavy atom. The number of aliphatic hydroxyl groups excluding tert-OH is 1. The fourth-order valence-corrected chi connectivity index (χ4v) is 1.55. The standard InChI is InChI=1S/C9H15NO3/c1-6(2)7(5-11)10-8(12)3-4-9(10)13/h6-7,11H,3-5H2,1-2H3/t7-/m1/s1. The Balaban J connectivity index is 2.77. The normalized spacial score (nSPS) is 20.2. The molecule has 4 heteroatoms. The Hall–Kier alpha value is -0.900. The highest BCUT2D eigenvalue weighted by Gasteiger charge is 2.35. The molecule has 0 bridgehead atoms. The summed E-state index contributed by atoms with van der Waals surface area (Å²) in [5, 5.41) is 9.05. The number of carbonyl (C=O) groups is 2. The molecule has 1 aliphatic heterocycles. The Morgan fingerprint density at radius 3 is 2.08 bits per heavy atom. The van der Waals surface area contributed by atoms with E-state index in [0.29, 0.717) is 12.8 Å². The van der Waals surface area contributed by atoms with E-state index in [1.807, 2.05) is 13.8 Å². The SMILES string of the molecule is CC(C)[C@@H](CO)N1C(=O)CCC1=O. The fourth-order valence-electron chi connectivity index (χ4n) is 1.55. The molecule has 0 unspecified atom stereocenters. The van der Waals surface area contributed by atoms with Gasteiger partial charge in [0.25, 0.3) is 0 Å². The van der Waals surface area contributed by atoms with Crippen LogP contribution in [-0.2, 0) is 9.59 Å². The molecule has 0 aliphatic carbocycles. The lowest BCUT2D eigenvalue weighted by Gasteiger charge is -2.27. The molecule has 1 atom stereocenters. The number of hydrogen-bond acceptors (Lipinski definition) is 3. The van der Waals surface area contributed by atoms with Crippen LogP contribution in [0.25, 0.3) is 0 Å². The zero-order valence-corrected chi connectivity index (χ0v) is 7.99. The molecule has 1 aliphatic rings. The van der Waals surface area contributed by atoms with Crippen molar-refractivity contribution in [2.24, 2.45) is 5.92 Å². The van der Waals surface area contributed by atoms with E-state index < -0.39 is 0 Å². The van der Waals surface area contributed by atoms with Crippen LogP contribution >= 0.6 is 0 Å². The van der Waals surface area contributed by atoms with Gasteiger partial charge < -0.3 is 5.11 Å². The van der Waals surface area contributed by atoms with Gasteiger partial charge in [0.05, 0.1) is 12.6 Å². The van der Waals surface area contributed by atoms with Crippen molar-refractivity contribution < 1.29 is 14.7 Å². The fraction of sp³-hybridized carbons (Fsp3) is 0.778. The summed E-state index contributed by atoms with van der Waals surface area (Å²) in [6.07, 6.45) is 0.587. The number of amides is 2. The van der Waals surface area contributed by atoms with Crippen molar-refractivity contribution >= 4 is 11.8 Å². The van der Waals surface area contributed by atoms with E-state index in [2.05, 4.69) is 0 Å². The van der Waals surface area contributed by atoms with Gasteiger partial charge in [0.2, 0.25) is 11.8 Å². The molecule has 0 aromatic heterocycles. The van der Waals surface area contributed by atoms with E-state index in [1.54, 1.807) is 0 Å². The van der Waals surface area contributed by atoms with Crippen LogP contribution in [0.5, 0.6) is 0 Å². The molecule has 2 amide bonds. The summed E-state index contributed by atoms with van der Waals surface area (Å²) in [5.74, 6) is -0.202. The monoisotopic (exact) mass is 185 g/mol. The van der Waals surface area contributed by atoms with Crippen molar-refractivity contribution in [1.29, 1.82) is 0 Å². The van der Waals surface area contributed by atoms with E-state index in [0.717, 1.165) is 0 Å². The van der Waals surface area contributed by atoms with Gasteiger partial charge in [0, 0.05) is 12.8 Å². The maximum atomic E-state index is 11.3. The zero-order chi connectivity index (χ0) is 10.0. The first-order valence-corrected chi connectivity index (χ1v) is 4.53. The van der Waals surface area contributed by atoms with E-state index in [9.17, 15) is 9.59 Å². The van der Waals surface area contributed by atoms with Crippen LogP contribution in [0.4, 0.5) is 0 Å². The van der Waals surface area contributed by atoms with Crippen molar-refractivity contribution in [3.63, 3.8) is 0 Å². The van der Waals surface area contributed by atoms with Gasteiger partial charge in [-0.05, 0) is 5.92 Å². The van der Waals surface area contributed by atoms with Crippen LogP contribution < -0.4 is 0 Å². The lowest BCUT2D eigenvalue weighted by molar-refractivity contribution is -0.143. The third-order valence-corrected chi connectivity index (χ3v) is 2.38. The summed E-state index contributed by atoms with van der Waals surface area (Å²) in [6.45, 7) is 3.63. The van der Waals surface area contributed by atoms with E-state index in [1.165, 1.54) is 4.90 Å². The second kappa shape index (κ2) is 3.87. The molecule has 0 aromatic carbocycles. The Bertz CT molecular complexity index is 209. The number of carbonyl (C=O) groups excluding carboxylic acids is 2. The van der Waals surface area contributed by atoms with Crippen LogP contribution in [0.15, 0.2) is 0 Å². The van der Waals surface area contributed by atoms with E-state index in [4.69, 9.17) is 5.11 Å². The predicted molar refractivity (Wildman–Crippen MR) is 46.8 cm³/mol. The van der Waals surface area contributed by atoms with Crippen molar-refractivity contribution in [2.75, 3.05) is 6.61 Å². The minimum atomic E-state index is -0.345. The first-order valence-electron chi connectivity index (χ1n) is 4.53. The highest BCUT2D eigenvalue weighted by Crippen LogP contribution is 2.19. The molecular formula is C9H15NO3. The Labute approximate surface area is 77.5 Å². The van der Waals surface area contributed by atoms with Gasteiger partial charge in [-0.25, -0.2) is 0 Å². The zero-order valence-electron chi connectivity index (χ0n) is 7.99. The highest BCUT2D eigenvalue weighted by molar-refractivity contribution is 6.02. The molecule has 74 valence electrons. The minimum Gasteiger partial charge on any atom is -0.394 e. The number of imide groups is 1. The van der Waals surface area contributed by atoms with Gasteiger partial charge >= 0.3 is 0 Å². The lowest BCUT2D eigenvalue weighted by Crippen LogP contribution is -2.44. The molecule has 1 saturated heterocycles. The maximum absolute atomic E-state index is 11.3. The second-order valence-corrected chi connectivity index (χ2v) is 3.65. The van der Waals surface area contributed by atoms with Gasteiger partial charge in [-0.15, -0.1) is 0 Å². The molecule has 13 heavy (non-hydrogen) atoms. The summed E-state index contributed by atoms with van der Waals surface area (Å²) in [7, 11) is 0. The average Bonchev–Trinajstić information content (AvgIpc) is 2.36. The van der Waals surface area contributed by atoms with Gasteiger partial charge in [0.15, 0.2) is 0 Å². The Morgan fingerprint density at radius 1 is 1.31 bits per heavy atom. The number of rotatable bonds is 3. The third kappa shape index (κ3) is 1.88. The molecule has 4 nitrogen and oxygen atoms in total. The van der Waals surface area contributed by atoms with E-state index >= 15 is 0 Å². The highest BCUT2D eigenvalue weighted by atomic mass is 16.3. The number of hydrogen-bond donors (Lipinski definition) is 1. The van der Waals surface area contributed by atoms with Crippen molar-refractivity contribution in [3.8, 4) is 0 Å². The molecule has 1 rings (SSSR count). The van der Waals surface area contributed by atoms with Crippen LogP contribution in [-0.4, -0.2) is 34.5 Å². The summed E-state index contributed by atoms with van der Waals surface area (Å²) in [6, 6.07) is -0.345. The quantitative estimate of drug-likeness (QED) is 0.637. The maximum Gasteiger partial charge on any atom is 0.230 e. The molecule has 1 heterocycles. The first-order chi connectivity index (χ1) is 6.07.